The highest BCUT2D eigenvalue weighted by molar-refractivity contribution is 7.99. The van der Waals surface area contributed by atoms with Gasteiger partial charge in [-0.05, 0) is 36.8 Å². The summed E-state index contributed by atoms with van der Waals surface area (Å²) in [5.41, 5.74) is 2.68. The number of rotatable bonds is 5. The van der Waals surface area contributed by atoms with E-state index in [0.29, 0.717) is 27.8 Å². The van der Waals surface area contributed by atoms with E-state index in [0.717, 1.165) is 5.56 Å². The molecule has 0 radical (unpaired) electrons. The predicted molar refractivity (Wildman–Crippen MR) is 102 cm³/mol. The SMILES string of the molecule is Cc1c(Cl)cccc1NC(=O)CSCc1cc(=O)n2ccccc2n1. The van der Waals surface area contributed by atoms with Crippen molar-refractivity contribution in [2.75, 3.05) is 11.1 Å². The lowest BCUT2D eigenvalue weighted by Gasteiger charge is -2.09. The third kappa shape index (κ3) is 4.21. The van der Waals surface area contributed by atoms with Crippen LogP contribution in [-0.2, 0) is 10.5 Å². The smallest absolute Gasteiger partial charge is 0.258 e. The first-order chi connectivity index (χ1) is 12.0. The normalized spacial score (nSPS) is 10.8. The van der Waals surface area contributed by atoms with Gasteiger partial charge in [0, 0.05) is 28.7 Å². The van der Waals surface area contributed by atoms with Crippen LogP contribution in [0.15, 0.2) is 53.5 Å². The van der Waals surface area contributed by atoms with Crippen molar-refractivity contribution >= 4 is 40.6 Å². The van der Waals surface area contributed by atoms with E-state index in [1.807, 2.05) is 19.1 Å². The number of nitrogens with one attached hydrogen (secondary N) is 1. The second kappa shape index (κ2) is 7.72. The maximum Gasteiger partial charge on any atom is 0.258 e. The van der Waals surface area contributed by atoms with Crippen molar-refractivity contribution in [1.29, 1.82) is 0 Å². The van der Waals surface area contributed by atoms with Gasteiger partial charge in [-0.2, -0.15) is 0 Å². The molecule has 1 N–H and O–H groups in total. The first kappa shape index (κ1) is 17.5. The van der Waals surface area contributed by atoms with Crippen LogP contribution < -0.4 is 10.9 Å². The van der Waals surface area contributed by atoms with Crippen molar-refractivity contribution in [2.24, 2.45) is 0 Å². The van der Waals surface area contributed by atoms with Crippen LogP contribution in [0.5, 0.6) is 0 Å². The molecule has 0 unspecified atom stereocenters. The molecule has 2 heterocycles. The zero-order chi connectivity index (χ0) is 17.8. The molecule has 1 aromatic carbocycles. The molecule has 1 amide bonds. The van der Waals surface area contributed by atoms with E-state index in [1.165, 1.54) is 22.2 Å². The molecule has 128 valence electrons. The molecule has 0 spiro atoms. The fourth-order valence-electron chi connectivity index (χ4n) is 2.35. The van der Waals surface area contributed by atoms with Crippen molar-refractivity contribution in [3.8, 4) is 0 Å². The second-order valence-electron chi connectivity index (χ2n) is 5.47. The molecule has 0 atom stereocenters. The number of carbonyl (C=O) groups is 1. The monoisotopic (exact) mass is 373 g/mol. The third-order valence-corrected chi connectivity index (χ3v) is 5.02. The Kier molecular flexibility index (Phi) is 5.40. The maximum absolute atomic E-state index is 12.1. The Hall–Kier alpha value is -2.31. The summed E-state index contributed by atoms with van der Waals surface area (Å²) in [6.45, 7) is 1.86. The highest BCUT2D eigenvalue weighted by Gasteiger charge is 2.08. The molecule has 0 bridgehead atoms. The third-order valence-electron chi connectivity index (χ3n) is 3.65. The van der Waals surface area contributed by atoms with Gasteiger partial charge in [0.1, 0.15) is 5.65 Å². The van der Waals surface area contributed by atoms with Crippen LogP contribution in [0.1, 0.15) is 11.3 Å². The first-order valence-electron chi connectivity index (χ1n) is 7.64. The molecule has 0 saturated carbocycles. The van der Waals surface area contributed by atoms with E-state index in [1.54, 1.807) is 30.5 Å². The molecule has 0 aliphatic rings. The van der Waals surface area contributed by atoms with Crippen LogP contribution in [0.3, 0.4) is 0 Å². The highest BCUT2D eigenvalue weighted by atomic mass is 35.5. The fraction of sp³-hybridized carbons (Fsp3) is 0.167. The van der Waals surface area contributed by atoms with E-state index in [2.05, 4.69) is 10.3 Å². The average molecular weight is 374 g/mol. The molecule has 7 heteroatoms. The van der Waals surface area contributed by atoms with Gasteiger partial charge < -0.3 is 5.32 Å². The molecular formula is C18H16ClN3O2S. The number of hydrogen-bond donors (Lipinski definition) is 1. The molecule has 3 rings (SSSR count). The zero-order valence-corrected chi connectivity index (χ0v) is 15.1. The lowest BCUT2D eigenvalue weighted by Crippen LogP contribution is -2.16. The Bertz CT molecular complexity index is 987. The van der Waals surface area contributed by atoms with Gasteiger partial charge in [0.25, 0.3) is 5.56 Å². The van der Waals surface area contributed by atoms with Crippen LogP contribution in [0.25, 0.3) is 5.65 Å². The number of benzene rings is 1. The quantitative estimate of drug-likeness (QED) is 0.743. The van der Waals surface area contributed by atoms with E-state index in [4.69, 9.17) is 11.6 Å². The predicted octanol–water partition coefficient (Wildman–Crippen LogP) is 3.53. The van der Waals surface area contributed by atoms with Gasteiger partial charge in [0.05, 0.1) is 11.4 Å². The summed E-state index contributed by atoms with van der Waals surface area (Å²) in [7, 11) is 0. The largest absolute Gasteiger partial charge is 0.325 e. The number of hydrogen-bond acceptors (Lipinski definition) is 4. The van der Waals surface area contributed by atoms with Gasteiger partial charge in [-0.15, -0.1) is 11.8 Å². The first-order valence-corrected chi connectivity index (χ1v) is 9.18. The molecule has 0 aliphatic heterocycles. The van der Waals surface area contributed by atoms with Crippen molar-refractivity contribution in [3.05, 3.63) is 75.3 Å². The number of nitrogens with zero attached hydrogens (tertiary/aromatic N) is 2. The summed E-state index contributed by atoms with van der Waals surface area (Å²) in [6.07, 6.45) is 1.68. The van der Waals surface area contributed by atoms with Crippen LogP contribution in [-0.4, -0.2) is 21.0 Å². The summed E-state index contributed by atoms with van der Waals surface area (Å²) in [4.78, 5) is 28.5. The number of anilines is 1. The Morgan fingerprint density at radius 1 is 1.28 bits per heavy atom. The topological polar surface area (TPSA) is 63.5 Å². The molecule has 0 saturated heterocycles. The maximum atomic E-state index is 12.1. The minimum atomic E-state index is -0.125. The van der Waals surface area contributed by atoms with E-state index < -0.39 is 0 Å². The summed E-state index contributed by atoms with van der Waals surface area (Å²) < 4.78 is 1.49. The van der Waals surface area contributed by atoms with Crippen molar-refractivity contribution in [1.82, 2.24) is 9.38 Å². The molecule has 25 heavy (non-hydrogen) atoms. The summed E-state index contributed by atoms with van der Waals surface area (Å²) >= 11 is 7.45. The number of amides is 1. The van der Waals surface area contributed by atoms with Crippen LogP contribution in [0.4, 0.5) is 5.69 Å². The summed E-state index contributed by atoms with van der Waals surface area (Å²) in [5, 5.41) is 3.46. The molecule has 3 aromatic rings. The van der Waals surface area contributed by atoms with Crippen molar-refractivity contribution < 1.29 is 4.79 Å². The molecule has 5 nitrogen and oxygen atoms in total. The van der Waals surface area contributed by atoms with Gasteiger partial charge in [0.15, 0.2) is 0 Å². The Balaban J connectivity index is 1.60. The van der Waals surface area contributed by atoms with Crippen molar-refractivity contribution in [3.63, 3.8) is 0 Å². The lowest BCUT2D eigenvalue weighted by atomic mass is 10.2. The second-order valence-corrected chi connectivity index (χ2v) is 6.86. The number of fused-ring (bicyclic) bond motifs is 1. The van der Waals surface area contributed by atoms with E-state index >= 15 is 0 Å². The molecule has 0 fully saturated rings. The van der Waals surface area contributed by atoms with E-state index in [-0.39, 0.29) is 17.2 Å². The fourth-order valence-corrected chi connectivity index (χ4v) is 3.25. The van der Waals surface area contributed by atoms with Gasteiger partial charge in [-0.3, -0.25) is 14.0 Å². The molecule has 2 aromatic heterocycles. The summed E-state index contributed by atoms with van der Waals surface area (Å²) in [6, 6.07) is 12.3. The van der Waals surface area contributed by atoms with Gasteiger partial charge in [-0.25, -0.2) is 4.98 Å². The number of carbonyl (C=O) groups excluding carboxylic acids is 1. The number of aromatic nitrogens is 2. The van der Waals surface area contributed by atoms with Crippen LogP contribution >= 0.6 is 23.4 Å². The summed E-state index contributed by atoms with van der Waals surface area (Å²) in [5.74, 6) is 0.637. The Labute approximate surface area is 154 Å². The van der Waals surface area contributed by atoms with Gasteiger partial charge in [0.2, 0.25) is 5.91 Å². The zero-order valence-electron chi connectivity index (χ0n) is 13.5. The molecule has 0 aliphatic carbocycles. The van der Waals surface area contributed by atoms with Crippen LogP contribution in [0, 0.1) is 6.92 Å². The molecular weight excluding hydrogens is 358 g/mol. The Morgan fingerprint density at radius 3 is 2.96 bits per heavy atom. The van der Waals surface area contributed by atoms with Gasteiger partial charge >= 0.3 is 0 Å². The average Bonchev–Trinajstić information content (AvgIpc) is 2.59. The van der Waals surface area contributed by atoms with E-state index in [9.17, 15) is 9.59 Å². The van der Waals surface area contributed by atoms with Crippen LogP contribution in [0.2, 0.25) is 5.02 Å². The lowest BCUT2D eigenvalue weighted by molar-refractivity contribution is -0.113. The number of pyridine rings is 1. The number of thioether (sulfide) groups is 1. The van der Waals surface area contributed by atoms with Crippen molar-refractivity contribution in [2.45, 2.75) is 12.7 Å². The highest BCUT2D eigenvalue weighted by Crippen LogP contribution is 2.23. The minimum Gasteiger partial charge on any atom is -0.325 e. The van der Waals surface area contributed by atoms with Gasteiger partial charge in [-0.1, -0.05) is 23.7 Å². The Morgan fingerprint density at radius 2 is 2.12 bits per heavy atom. The standard InChI is InChI=1S/C18H16ClN3O2S/c1-12-14(19)5-4-6-15(12)21-17(23)11-25-10-13-9-18(24)22-8-3-2-7-16(22)20-13/h2-9H,10-11H2,1H3,(H,21,23). The minimum absolute atomic E-state index is 0.118. The number of halogens is 1.